The van der Waals surface area contributed by atoms with Crippen molar-refractivity contribution in [3.63, 3.8) is 0 Å². The number of aliphatic carboxylic acids is 1. The van der Waals surface area contributed by atoms with Crippen LogP contribution < -0.4 is 4.74 Å². The van der Waals surface area contributed by atoms with E-state index in [1.54, 1.807) is 6.07 Å². The zero-order chi connectivity index (χ0) is 13.1. The van der Waals surface area contributed by atoms with Gasteiger partial charge in [-0.25, -0.2) is 8.42 Å². The van der Waals surface area contributed by atoms with Gasteiger partial charge < -0.3 is 9.84 Å². The number of sulfone groups is 1. The second-order valence-corrected chi connectivity index (χ2v) is 5.66. The van der Waals surface area contributed by atoms with Gasteiger partial charge in [-0.2, -0.15) is 0 Å². The van der Waals surface area contributed by atoms with Crippen molar-refractivity contribution in [1.82, 2.24) is 0 Å². The molecular formula is C11H14O5S. The van der Waals surface area contributed by atoms with Crippen LogP contribution in [0.4, 0.5) is 0 Å². The Balaban J connectivity index is 3.06. The van der Waals surface area contributed by atoms with Crippen LogP contribution in [0.25, 0.3) is 0 Å². The highest BCUT2D eigenvalue weighted by molar-refractivity contribution is 7.90. The zero-order valence-corrected chi connectivity index (χ0v) is 10.5. The monoisotopic (exact) mass is 258 g/mol. The summed E-state index contributed by atoms with van der Waals surface area (Å²) < 4.78 is 27.7. The fraction of sp³-hybridized carbons (Fsp3) is 0.364. The molecule has 6 heteroatoms. The van der Waals surface area contributed by atoms with Crippen molar-refractivity contribution in [2.75, 3.05) is 13.4 Å². The lowest BCUT2D eigenvalue weighted by Gasteiger charge is -2.09. The second kappa shape index (κ2) is 5.18. The number of ether oxygens (including phenoxy) is 1. The summed E-state index contributed by atoms with van der Waals surface area (Å²) >= 11 is 0. The van der Waals surface area contributed by atoms with Crippen LogP contribution in [-0.2, 0) is 21.1 Å². The molecule has 17 heavy (non-hydrogen) atoms. The fourth-order valence-corrected chi connectivity index (χ4v) is 2.04. The van der Waals surface area contributed by atoms with Gasteiger partial charge >= 0.3 is 5.97 Å². The summed E-state index contributed by atoms with van der Waals surface area (Å²) in [7, 11) is -1.86. The van der Waals surface area contributed by atoms with Gasteiger partial charge in [-0.3, -0.25) is 4.79 Å². The molecule has 0 bridgehead atoms. The van der Waals surface area contributed by atoms with Gasteiger partial charge in [0.15, 0.2) is 9.84 Å². The largest absolute Gasteiger partial charge is 0.496 e. The van der Waals surface area contributed by atoms with Crippen molar-refractivity contribution in [3.8, 4) is 5.75 Å². The van der Waals surface area contributed by atoms with E-state index in [1.165, 1.54) is 19.2 Å². The average molecular weight is 258 g/mol. The fourth-order valence-electron chi connectivity index (χ4n) is 1.40. The van der Waals surface area contributed by atoms with Crippen molar-refractivity contribution in [3.05, 3.63) is 23.8 Å². The molecule has 0 aromatic heterocycles. The number of methoxy groups -OCH3 is 1. The Morgan fingerprint density at radius 1 is 1.41 bits per heavy atom. The van der Waals surface area contributed by atoms with Crippen LogP contribution in [0.2, 0.25) is 0 Å². The van der Waals surface area contributed by atoms with Crippen LogP contribution in [0.5, 0.6) is 5.75 Å². The van der Waals surface area contributed by atoms with Crippen LogP contribution in [0, 0.1) is 0 Å². The first-order valence-electron chi connectivity index (χ1n) is 4.93. The number of carbonyl (C=O) groups is 1. The van der Waals surface area contributed by atoms with Gasteiger partial charge in [-0.15, -0.1) is 0 Å². The highest BCUT2D eigenvalue weighted by atomic mass is 32.2. The third-order valence-corrected chi connectivity index (χ3v) is 3.41. The van der Waals surface area contributed by atoms with Crippen molar-refractivity contribution >= 4 is 15.8 Å². The van der Waals surface area contributed by atoms with Crippen molar-refractivity contribution in [2.45, 2.75) is 17.7 Å². The molecular weight excluding hydrogens is 244 g/mol. The summed E-state index contributed by atoms with van der Waals surface area (Å²) in [6.07, 6.45) is 1.40. The van der Waals surface area contributed by atoms with E-state index >= 15 is 0 Å². The molecule has 94 valence electrons. The molecule has 0 saturated carbocycles. The first-order chi connectivity index (χ1) is 7.84. The van der Waals surface area contributed by atoms with Gasteiger partial charge in [0.2, 0.25) is 0 Å². The lowest BCUT2D eigenvalue weighted by molar-refractivity contribution is -0.136. The molecule has 5 nitrogen and oxygen atoms in total. The van der Waals surface area contributed by atoms with E-state index in [9.17, 15) is 13.2 Å². The summed E-state index contributed by atoms with van der Waals surface area (Å²) in [6.45, 7) is 0. The number of carboxylic acid groups (broad SMARTS) is 1. The Morgan fingerprint density at radius 2 is 2.06 bits per heavy atom. The molecule has 0 atom stereocenters. The highest BCUT2D eigenvalue weighted by Gasteiger charge is 2.12. The quantitative estimate of drug-likeness (QED) is 0.855. The molecule has 1 aromatic rings. The van der Waals surface area contributed by atoms with E-state index in [0.29, 0.717) is 17.7 Å². The zero-order valence-electron chi connectivity index (χ0n) is 9.63. The Labute approximate surface area is 100.0 Å². The lowest BCUT2D eigenvalue weighted by Crippen LogP contribution is -2.02. The molecule has 0 unspecified atom stereocenters. The molecule has 1 aromatic carbocycles. The van der Waals surface area contributed by atoms with Crippen molar-refractivity contribution < 1.29 is 23.1 Å². The maximum Gasteiger partial charge on any atom is 0.303 e. The van der Waals surface area contributed by atoms with Gasteiger partial charge in [-0.1, -0.05) is 6.07 Å². The molecule has 0 aliphatic heterocycles. The standard InChI is InChI=1S/C11H14O5S/c1-16-10-7-9(17(2,14)15)5-3-8(10)4-6-11(12)13/h3,5,7H,4,6H2,1-2H3,(H,12,13). The second-order valence-electron chi connectivity index (χ2n) is 3.64. The van der Waals surface area contributed by atoms with E-state index in [0.717, 1.165) is 6.26 Å². The topological polar surface area (TPSA) is 80.7 Å². The SMILES string of the molecule is COc1cc(S(C)(=O)=O)ccc1CCC(=O)O. The molecule has 0 aliphatic carbocycles. The summed E-state index contributed by atoms with van der Waals surface area (Å²) in [5.74, 6) is -0.506. The van der Waals surface area contributed by atoms with E-state index in [2.05, 4.69) is 0 Å². The normalized spacial score (nSPS) is 11.2. The molecule has 0 aliphatic rings. The van der Waals surface area contributed by atoms with E-state index in [4.69, 9.17) is 9.84 Å². The molecule has 0 amide bonds. The van der Waals surface area contributed by atoms with Crippen molar-refractivity contribution in [1.29, 1.82) is 0 Å². The van der Waals surface area contributed by atoms with Crippen LogP contribution >= 0.6 is 0 Å². The van der Waals surface area contributed by atoms with Crippen LogP contribution in [-0.4, -0.2) is 32.9 Å². The summed E-state index contributed by atoms with van der Waals surface area (Å²) in [4.78, 5) is 10.6. The Bertz CT molecular complexity index is 519. The van der Waals surface area contributed by atoms with Crippen molar-refractivity contribution in [2.24, 2.45) is 0 Å². The maximum absolute atomic E-state index is 11.3. The number of benzene rings is 1. The number of rotatable bonds is 5. The molecule has 0 radical (unpaired) electrons. The van der Waals surface area contributed by atoms with Gasteiger partial charge in [-0.05, 0) is 24.1 Å². The summed E-state index contributed by atoms with van der Waals surface area (Å²) in [5.41, 5.74) is 0.683. The van der Waals surface area contributed by atoms with Gasteiger partial charge in [0.1, 0.15) is 5.75 Å². The lowest BCUT2D eigenvalue weighted by atomic mass is 10.1. The average Bonchev–Trinajstić information content (AvgIpc) is 2.24. The Morgan fingerprint density at radius 3 is 2.53 bits per heavy atom. The minimum atomic E-state index is -3.28. The maximum atomic E-state index is 11.3. The predicted octanol–water partition coefficient (Wildman–Crippen LogP) is 1.12. The predicted molar refractivity (Wildman–Crippen MR) is 62.1 cm³/mol. The van der Waals surface area contributed by atoms with Gasteiger partial charge in [0, 0.05) is 12.7 Å². The number of hydrogen-bond acceptors (Lipinski definition) is 4. The van der Waals surface area contributed by atoms with Crippen LogP contribution in [0.3, 0.4) is 0 Å². The third kappa shape index (κ3) is 3.74. The van der Waals surface area contributed by atoms with E-state index in [1.807, 2.05) is 0 Å². The minimum absolute atomic E-state index is 0.0193. The first-order valence-corrected chi connectivity index (χ1v) is 6.82. The van der Waals surface area contributed by atoms with Crippen LogP contribution in [0.15, 0.2) is 23.1 Å². The van der Waals surface area contributed by atoms with Gasteiger partial charge in [0.05, 0.1) is 12.0 Å². The first kappa shape index (κ1) is 13.5. The molecule has 1 rings (SSSR count). The number of carboxylic acids is 1. The molecule has 0 spiro atoms. The highest BCUT2D eigenvalue weighted by Crippen LogP contribution is 2.24. The Hall–Kier alpha value is -1.56. The third-order valence-electron chi connectivity index (χ3n) is 2.29. The molecule has 1 N–H and O–H groups in total. The summed E-state index contributed by atoms with van der Waals surface area (Å²) in [5, 5.41) is 8.59. The van der Waals surface area contributed by atoms with Crippen LogP contribution in [0.1, 0.15) is 12.0 Å². The van der Waals surface area contributed by atoms with Gasteiger partial charge in [0.25, 0.3) is 0 Å². The van der Waals surface area contributed by atoms with E-state index in [-0.39, 0.29) is 11.3 Å². The molecule has 0 heterocycles. The summed E-state index contributed by atoms with van der Waals surface area (Å²) in [6, 6.07) is 4.44. The van der Waals surface area contributed by atoms with E-state index < -0.39 is 15.8 Å². The number of hydrogen-bond donors (Lipinski definition) is 1. The minimum Gasteiger partial charge on any atom is -0.496 e. The molecule has 0 saturated heterocycles. The Kier molecular flexibility index (Phi) is 4.11. The number of aryl methyl sites for hydroxylation is 1. The molecule has 0 fully saturated rings. The smallest absolute Gasteiger partial charge is 0.303 e.